The smallest absolute Gasteiger partial charge is 0.410 e. The fourth-order valence-corrected chi connectivity index (χ4v) is 7.73. The van der Waals surface area contributed by atoms with Crippen LogP contribution in [0.2, 0.25) is 5.02 Å². The van der Waals surface area contributed by atoms with Gasteiger partial charge in [0.25, 0.3) is 0 Å². The summed E-state index contributed by atoms with van der Waals surface area (Å²) in [4.78, 5) is 36.0. The molecule has 2 aromatic heterocycles. The van der Waals surface area contributed by atoms with Crippen molar-refractivity contribution in [2.75, 3.05) is 24.5 Å². The molecule has 9 nitrogen and oxygen atoms in total. The van der Waals surface area contributed by atoms with Gasteiger partial charge in [0.1, 0.15) is 11.7 Å². The molecule has 0 bridgehead atoms. The third-order valence-electron chi connectivity index (χ3n) is 8.59. The SMILES string of the molecule is CC(=O)[C@@H](OC(C)(C)C)c1c(C)cc2nc(N3CCN(C(=O)OC(C)(C)C)C(c4ccc5c(cnn5C)c4)C3)sc2c1-c1ccc(Cl)cc1. The number of carbonyl (C=O) groups excluding carboxylic acids is 2. The van der Waals surface area contributed by atoms with Gasteiger partial charge in [0, 0.05) is 48.2 Å². The van der Waals surface area contributed by atoms with E-state index < -0.39 is 17.3 Å². The summed E-state index contributed by atoms with van der Waals surface area (Å²) < 4.78 is 15.1. The highest BCUT2D eigenvalue weighted by Gasteiger charge is 2.36. The summed E-state index contributed by atoms with van der Waals surface area (Å²) in [5.41, 5.74) is 5.31. The van der Waals surface area contributed by atoms with Gasteiger partial charge in [0.15, 0.2) is 10.9 Å². The molecule has 1 aliphatic rings. The van der Waals surface area contributed by atoms with Gasteiger partial charge in [0.2, 0.25) is 0 Å². The minimum atomic E-state index is -0.759. The van der Waals surface area contributed by atoms with Crippen molar-refractivity contribution in [3.63, 3.8) is 0 Å². The number of nitrogens with zero attached hydrogens (tertiary/aromatic N) is 5. The highest BCUT2D eigenvalue weighted by molar-refractivity contribution is 7.22. The Balaban J connectivity index is 1.46. The second-order valence-corrected chi connectivity index (χ2v) is 16.2. The molecule has 258 valence electrons. The fraction of sp³-hybridized carbons (Fsp3) is 0.421. The van der Waals surface area contributed by atoms with Gasteiger partial charge < -0.3 is 14.4 Å². The first-order chi connectivity index (χ1) is 23.0. The second kappa shape index (κ2) is 13.0. The summed E-state index contributed by atoms with van der Waals surface area (Å²) in [6.07, 6.45) is 0.748. The number of Topliss-reactive ketones (excluding diaryl/α,β-unsaturated/α-hetero) is 1. The Hall–Kier alpha value is -3.99. The molecule has 1 amide bonds. The molecule has 1 unspecified atom stereocenters. The number of ether oxygens (including phenoxy) is 2. The van der Waals surface area contributed by atoms with E-state index in [0.29, 0.717) is 24.7 Å². The zero-order valence-corrected chi connectivity index (χ0v) is 31.2. The summed E-state index contributed by atoms with van der Waals surface area (Å²) >= 11 is 7.91. The van der Waals surface area contributed by atoms with Crippen molar-refractivity contribution >= 4 is 61.1 Å². The van der Waals surface area contributed by atoms with Gasteiger partial charge in [-0.3, -0.25) is 14.4 Å². The van der Waals surface area contributed by atoms with Crippen LogP contribution in [-0.2, 0) is 21.3 Å². The number of fused-ring (bicyclic) bond motifs is 2. The Morgan fingerprint density at radius 1 is 1.00 bits per heavy atom. The van der Waals surface area contributed by atoms with E-state index in [1.165, 1.54) is 0 Å². The minimum absolute atomic E-state index is 0.0657. The van der Waals surface area contributed by atoms with Crippen molar-refractivity contribution in [3.8, 4) is 11.1 Å². The Labute approximate surface area is 296 Å². The molecule has 0 radical (unpaired) electrons. The summed E-state index contributed by atoms with van der Waals surface area (Å²) in [6, 6.07) is 15.7. The number of hydrogen-bond donors (Lipinski definition) is 0. The van der Waals surface area contributed by atoms with Crippen molar-refractivity contribution < 1.29 is 19.1 Å². The number of rotatable bonds is 6. The van der Waals surface area contributed by atoms with E-state index in [1.807, 2.05) is 95.6 Å². The van der Waals surface area contributed by atoms with Gasteiger partial charge in [-0.2, -0.15) is 5.10 Å². The Morgan fingerprint density at radius 3 is 2.37 bits per heavy atom. The lowest BCUT2D eigenvalue weighted by atomic mass is 9.90. The third kappa shape index (κ3) is 7.32. The van der Waals surface area contributed by atoms with E-state index in [0.717, 1.165) is 54.1 Å². The predicted octanol–water partition coefficient (Wildman–Crippen LogP) is 9.06. The molecule has 49 heavy (non-hydrogen) atoms. The Morgan fingerprint density at radius 2 is 1.71 bits per heavy atom. The number of hydrogen-bond acceptors (Lipinski definition) is 8. The lowest BCUT2D eigenvalue weighted by Crippen LogP contribution is -2.52. The van der Waals surface area contributed by atoms with E-state index in [1.54, 1.807) is 18.3 Å². The first kappa shape index (κ1) is 34.9. The molecular formula is C38H44ClN5O4S. The number of piperazine rings is 1. The van der Waals surface area contributed by atoms with E-state index >= 15 is 0 Å². The van der Waals surface area contributed by atoms with Crippen LogP contribution < -0.4 is 4.90 Å². The number of thiazole rings is 1. The molecule has 1 saturated heterocycles. The zero-order chi connectivity index (χ0) is 35.4. The lowest BCUT2D eigenvalue weighted by molar-refractivity contribution is -0.138. The third-order valence-corrected chi connectivity index (χ3v) is 9.99. The number of aromatic nitrogens is 3. The molecule has 0 spiro atoms. The maximum Gasteiger partial charge on any atom is 0.410 e. The van der Waals surface area contributed by atoms with Crippen LogP contribution in [0.15, 0.2) is 54.7 Å². The number of amides is 1. The maximum atomic E-state index is 13.6. The van der Waals surface area contributed by atoms with E-state index in [9.17, 15) is 9.59 Å². The normalized spacial score (nSPS) is 16.4. The van der Waals surface area contributed by atoms with E-state index in [-0.39, 0.29) is 17.9 Å². The quantitative estimate of drug-likeness (QED) is 0.175. The van der Waals surface area contributed by atoms with Gasteiger partial charge in [-0.15, -0.1) is 0 Å². The average Bonchev–Trinajstić information content (AvgIpc) is 3.61. The number of carbonyl (C=O) groups is 2. The molecule has 0 saturated carbocycles. The van der Waals surface area contributed by atoms with Crippen molar-refractivity contribution in [1.29, 1.82) is 0 Å². The number of benzene rings is 3. The van der Waals surface area contributed by atoms with E-state index in [2.05, 4.69) is 34.3 Å². The van der Waals surface area contributed by atoms with Gasteiger partial charge in [-0.1, -0.05) is 41.1 Å². The molecule has 5 aromatic rings. The van der Waals surface area contributed by atoms with Gasteiger partial charge in [0.05, 0.1) is 33.6 Å². The van der Waals surface area contributed by atoms with Crippen molar-refractivity contribution in [3.05, 3.63) is 76.4 Å². The molecular weight excluding hydrogens is 658 g/mol. The van der Waals surface area contributed by atoms with Gasteiger partial charge in [-0.25, -0.2) is 9.78 Å². The standard InChI is InChI=1S/C38H44ClN5O4S/c1-22-18-28-34(32(24-10-13-27(39)14-11-24)31(22)33(23(2)45)47-37(3,4)5)49-35(41-28)43-16-17-44(36(46)48-38(6,7)8)30(21-43)25-12-15-29-26(19-25)20-40-42(29)9/h10-15,18-20,30,33H,16-17,21H2,1-9H3/t30?,33-/m1/s1. The fourth-order valence-electron chi connectivity index (χ4n) is 6.44. The largest absolute Gasteiger partial charge is 0.444 e. The second-order valence-electron chi connectivity index (χ2n) is 14.8. The molecule has 0 N–H and O–H groups in total. The summed E-state index contributed by atoms with van der Waals surface area (Å²) in [5.74, 6) is -0.0657. The molecule has 11 heteroatoms. The van der Waals surface area contributed by atoms with Crippen LogP contribution in [0, 0.1) is 6.92 Å². The first-order valence-corrected chi connectivity index (χ1v) is 17.7. The number of anilines is 1. The minimum Gasteiger partial charge on any atom is -0.444 e. The van der Waals surface area contributed by atoms with Crippen LogP contribution >= 0.6 is 22.9 Å². The van der Waals surface area contributed by atoms with Crippen LogP contribution in [0.1, 0.15) is 77.3 Å². The topological polar surface area (TPSA) is 89.8 Å². The highest BCUT2D eigenvalue weighted by atomic mass is 35.5. The molecule has 3 aromatic carbocycles. The number of ketones is 1. The number of aryl methyl sites for hydroxylation is 2. The van der Waals surface area contributed by atoms with Crippen LogP contribution in [0.4, 0.5) is 9.93 Å². The summed E-state index contributed by atoms with van der Waals surface area (Å²) in [7, 11) is 1.92. The van der Waals surface area contributed by atoms with Crippen molar-refractivity contribution in [2.45, 2.75) is 78.7 Å². The first-order valence-electron chi connectivity index (χ1n) is 16.5. The Kier molecular flexibility index (Phi) is 9.28. The average molecular weight is 702 g/mol. The summed E-state index contributed by atoms with van der Waals surface area (Å²) in [6.45, 7) is 16.7. The highest BCUT2D eigenvalue weighted by Crippen LogP contribution is 2.45. The molecule has 1 aliphatic heterocycles. The van der Waals surface area contributed by atoms with Crippen molar-refractivity contribution in [2.24, 2.45) is 7.05 Å². The predicted molar refractivity (Wildman–Crippen MR) is 198 cm³/mol. The Bertz CT molecular complexity index is 2040. The molecule has 6 rings (SSSR count). The summed E-state index contributed by atoms with van der Waals surface area (Å²) in [5, 5.41) is 6.90. The molecule has 2 atom stereocenters. The monoisotopic (exact) mass is 701 g/mol. The van der Waals surface area contributed by atoms with Crippen LogP contribution in [0.3, 0.4) is 0 Å². The number of halogens is 1. The van der Waals surface area contributed by atoms with Crippen LogP contribution in [-0.4, -0.2) is 62.4 Å². The van der Waals surface area contributed by atoms with E-state index in [4.69, 9.17) is 26.1 Å². The van der Waals surface area contributed by atoms with Gasteiger partial charge >= 0.3 is 6.09 Å². The van der Waals surface area contributed by atoms with Crippen molar-refractivity contribution in [1.82, 2.24) is 19.7 Å². The zero-order valence-electron chi connectivity index (χ0n) is 29.6. The molecule has 1 fully saturated rings. The molecule has 3 heterocycles. The van der Waals surface area contributed by atoms with Gasteiger partial charge in [-0.05, 0) is 102 Å². The maximum absolute atomic E-state index is 13.6. The molecule has 0 aliphatic carbocycles. The van der Waals surface area contributed by atoms with Crippen LogP contribution in [0.25, 0.3) is 32.2 Å². The van der Waals surface area contributed by atoms with Crippen LogP contribution in [0.5, 0.6) is 0 Å². The lowest BCUT2D eigenvalue weighted by Gasteiger charge is -2.41.